The predicted molar refractivity (Wildman–Crippen MR) is 103 cm³/mol. The first-order valence-electron chi connectivity index (χ1n) is 9.25. The molecule has 1 amide bonds. The number of fused-ring (bicyclic) bond motifs is 5. The smallest absolute Gasteiger partial charge is 0.343 e. The highest BCUT2D eigenvalue weighted by atomic mass is 16.6. The molecule has 8 nitrogen and oxygen atoms in total. The van der Waals surface area contributed by atoms with Gasteiger partial charge < -0.3 is 20.1 Å². The molecule has 0 fully saturated rings. The molecule has 0 unspecified atom stereocenters. The largest absolute Gasteiger partial charge is 0.458 e. The van der Waals surface area contributed by atoms with Crippen molar-refractivity contribution in [2.24, 2.45) is 5.73 Å². The minimum absolute atomic E-state index is 0.0618. The van der Waals surface area contributed by atoms with E-state index in [1.54, 1.807) is 37.3 Å². The van der Waals surface area contributed by atoms with Crippen molar-refractivity contribution < 1.29 is 19.4 Å². The van der Waals surface area contributed by atoms with Crippen molar-refractivity contribution in [3.05, 3.63) is 62.9 Å². The molecule has 0 spiro atoms. The molecule has 8 heteroatoms. The lowest BCUT2D eigenvalue weighted by atomic mass is 9.86. The first-order valence-corrected chi connectivity index (χ1v) is 9.25. The van der Waals surface area contributed by atoms with Gasteiger partial charge in [-0.05, 0) is 18.6 Å². The summed E-state index contributed by atoms with van der Waals surface area (Å²) in [6.45, 7) is 1.57. The second-order valence-corrected chi connectivity index (χ2v) is 7.30. The van der Waals surface area contributed by atoms with Gasteiger partial charge in [0.2, 0.25) is 5.91 Å². The van der Waals surface area contributed by atoms with Gasteiger partial charge in [0.25, 0.3) is 5.56 Å². The van der Waals surface area contributed by atoms with Crippen molar-refractivity contribution >= 4 is 22.8 Å². The van der Waals surface area contributed by atoms with E-state index in [4.69, 9.17) is 10.5 Å². The van der Waals surface area contributed by atoms with E-state index in [1.807, 2.05) is 0 Å². The number of aliphatic hydroxyl groups is 1. The number of carbonyl (C=O) groups is 2. The van der Waals surface area contributed by atoms with Gasteiger partial charge in [0.1, 0.15) is 6.61 Å². The molecule has 0 saturated heterocycles. The molecule has 0 aliphatic carbocycles. The Labute approximate surface area is 164 Å². The van der Waals surface area contributed by atoms with Crippen molar-refractivity contribution in [3.8, 4) is 11.4 Å². The molecule has 1 atom stereocenters. The Morgan fingerprint density at radius 1 is 1.31 bits per heavy atom. The number of cyclic esters (lactones) is 1. The summed E-state index contributed by atoms with van der Waals surface area (Å²) >= 11 is 0. The number of hydrogen-bond donors (Lipinski definition) is 2. The van der Waals surface area contributed by atoms with Gasteiger partial charge in [0.15, 0.2) is 5.60 Å². The zero-order valence-corrected chi connectivity index (χ0v) is 15.6. The number of amides is 1. The van der Waals surface area contributed by atoms with Gasteiger partial charge in [-0.15, -0.1) is 0 Å². The van der Waals surface area contributed by atoms with Crippen molar-refractivity contribution in [2.75, 3.05) is 0 Å². The molecule has 29 heavy (non-hydrogen) atoms. The molecule has 3 N–H and O–H groups in total. The fourth-order valence-corrected chi connectivity index (χ4v) is 4.31. The summed E-state index contributed by atoms with van der Waals surface area (Å²) in [5.74, 6) is -1.38. The van der Waals surface area contributed by atoms with Crippen LogP contribution in [-0.4, -0.2) is 26.5 Å². The molecule has 0 radical (unpaired) electrons. The minimum Gasteiger partial charge on any atom is -0.458 e. The molecule has 0 saturated carbocycles. The van der Waals surface area contributed by atoms with Crippen LogP contribution < -0.4 is 11.3 Å². The molecule has 2 aliphatic heterocycles. The third-order valence-electron chi connectivity index (χ3n) is 5.84. The molecule has 4 heterocycles. The van der Waals surface area contributed by atoms with Crippen molar-refractivity contribution in [1.29, 1.82) is 0 Å². The number of pyridine rings is 2. The normalized spacial score (nSPS) is 19.4. The number of aromatic nitrogens is 2. The van der Waals surface area contributed by atoms with Crippen LogP contribution in [0, 0.1) is 0 Å². The summed E-state index contributed by atoms with van der Waals surface area (Å²) in [6, 6.07) is 8.73. The molecule has 1 aromatic carbocycles. The lowest BCUT2D eigenvalue weighted by Crippen LogP contribution is -2.44. The van der Waals surface area contributed by atoms with Crippen LogP contribution in [-0.2, 0) is 28.3 Å². The summed E-state index contributed by atoms with van der Waals surface area (Å²) in [5, 5.41) is 11.5. The van der Waals surface area contributed by atoms with Crippen molar-refractivity contribution in [3.63, 3.8) is 0 Å². The summed E-state index contributed by atoms with van der Waals surface area (Å²) in [5.41, 5.74) is 6.21. The summed E-state index contributed by atoms with van der Waals surface area (Å²) in [4.78, 5) is 42.3. The Morgan fingerprint density at radius 3 is 2.79 bits per heavy atom. The summed E-state index contributed by atoms with van der Waals surface area (Å²) < 4.78 is 6.54. The number of primary amides is 1. The summed E-state index contributed by atoms with van der Waals surface area (Å²) in [6.07, 6.45) is 0.0618. The quantitative estimate of drug-likeness (QED) is 0.495. The van der Waals surface area contributed by atoms with E-state index in [0.717, 1.165) is 0 Å². The fourth-order valence-electron chi connectivity index (χ4n) is 4.31. The first kappa shape index (κ1) is 17.6. The Hall–Kier alpha value is -3.52. The Balaban J connectivity index is 1.87. The van der Waals surface area contributed by atoms with Crippen LogP contribution in [0.1, 0.15) is 40.4 Å². The minimum atomic E-state index is -1.89. The third-order valence-corrected chi connectivity index (χ3v) is 5.84. The molecule has 2 aromatic heterocycles. The lowest BCUT2D eigenvalue weighted by molar-refractivity contribution is -0.172. The van der Waals surface area contributed by atoms with Gasteiger partial charge in [-0.2, -0.15) is 0 Å². The topological polar surface area (TPSA) is 125 Å². The number of carbonyl (C=O) groups excluding carboxylic acids is 2. The molecule has 146 valence electrons. The SMILES string of the molecule is CC[C@@]1(O)C(=O)OCc2c1cc1n(c2=O)Cc2c-1nc1ccccc1c2C(N)=O. The number of esters is 1. The average Bonchev–Trinajstić information content (AvgIpc) is 3.07. The van der Waals surface area contributed by atoms with E-state index < -0.39 is 17.5 Å². The summed E-state index contributed by atoms with van der Waals surface area (Å²) in [7, 11) is 0. The predicted octanol–water partition coefficient (Wildman–Crippen LogP) is 1.18. The standard InChI is InChI=1S/C21H17N3O5/c1-2-21(28)13-7-15-17-11(8-24(15)19(26)12(13)9-29-20(21)27)16(18(22)25)10-5-3-4-6-14(10)23-17/h3-7,28H,2,8-9H2,1H3,(H2,22,25)/t21-/m0/s1. The van der Waals surface area contributed by atoms with Crippen molar-refractivity contribution in [2.45, 2.75) is 32.1 Å². The average molecular weight is 391 g/mol. The number of ether oxygens (including phenoxy) is 1. The van der Waals surface area contributed by atoms with E-state index in [-0.39, 0.29) is 36.3 Å². The van der Waals surface area contributed by atoms with E-state index in [2.05, 4.69) is 4.98 Å². The number of hydrogen-bond acceptors (Lipinski definition) is 6. The van der Waals surface area contributed by atoms with E-state index in [1.165, 1.54) is 4.57 Å². The second-order valence-electron chi connectivity index (χ2n) is 7.30. The first-order chi connectivity index (χ1) is 13.9. The molecular weight excluding hydrogens is 374 g/mol. The van der Waals surface area contributed by atoms with Crippen LogP contribution in [0.2, 0.25) is 0 Å². The van der Waals surface area contributed by atoms with Crippen LogP contribution >= 0.6 is 0 Å². The number of rotatable bonds is 2. The van der Waals surface area contributed by atoms with Gasteiger partial charge in [-0.3, -0.25) is 9.59 Å². The maximum atomic E-state index is 13.2. The number of benzene rings is 1. The monoisotopic (exact) mass is 391 g/mol. The van der Waals surface area contributed by atoms with Gasteiger partial charge in [0.05, 0.1) is 34.6 Å². The highest BCUT2D eigenvalue weighted by molar-refractivity contribution is 6.08. The Kier molecular flexibility index (Phi) is 3.48. The lowest BCUT2D eigenvalue weighted by Gasteiger charge is -2.31. The number of nitrogens with zero attached hydrogens (tertiary/aromatic N) is 2. The fraction of sp³-hybridized carbons (Fsp3) is 0.238. The molecule has 0 bridgehead atoms. The van der Waals surface area contributed by atoms with Crippen molar-refractivity contribution in [1.82, 2.24) is 9.55 Å². The maximum Gasteiger partial charge on any atom is 0.343 e. The molecular formula is C21H17N3O5. The number of nitrogens with two attached hydrogens (primary N) is 1. The second kappa shape index (κ2) is 5.74. The Bertz CT molecular complexity index is 1310. The highest BCUT2D eigenvalue weighted by Gasteiger charge is 2.45. The zero-order chi connectivity index (χ0) is 20.5. The van der Waals surface area contributed by atoms with Gasteiger partial charge >= 0.3 is 5.97 Å². The molecule has 2 aliphatic rings. The van der Waals surface area contributed by atoms with Gasteiger partial charge in [0, 0.05) is 16.5 Å². The van der Waals surface area contributed by atoms with Crippen LogP contribution in [0.4, 0.5) is 0 Å². The highest BCUT2D eigenvalue weighted by Crippen LogP contribution is 2.39. The van der Waals surface area contributed by atoms with Crippen LogP contribution in [0.3, 0.4) is 0 Å². The van der Waals surface area contributed by atoms with Crippen LogP contribution in [0.15, 0.2) is 35.1 Å². The van der Waals surface area contributed by atoms with Crippen LogP contribution in [0.25, 0.3) is 22.3 Å². The zero-order valence-electron chi connectivity index (χ0n) is 15.6. The molecule has 3 aromatic rings. The Morgan fingerprint density at radius 2 is 2.07 bits per heavy atom. The van der Waals surface area contributed by atoms with Gasteiger partial charge in [-0.1, -0.05) is 25.1 Å². The van der Waals surface area contributed by atoms with Crippen LogP contribution in [0.5, 0.6) is 0 Å². The number of para-hydroxylation sites is 1. The van der Waals surface area contributed by atoms with Gasteiger partial charge in [-0.25, -0.2) is 9.78 Å². The van der Waals surface area contributed by atoms with E-state index in [9.17, 15) is 19.5 Å². The third kappa shape index (κ3) is 2.17. The maximum absolute atomic E-state index is 13.2. The van der Waals surface area contributed by atoms with E-state index in [0.29, 0.717) is 33.4 Å². The molecule has 5 rings (SSSR count). The van der Waals surface area contributed by atoms with E-state index >= 15 is 0 Å².